The minimum Gasteiger partial charge on any atom is -0.454 e. The number of carbonyl (C=O) groups excluding carboxylic acids is 1. The molecule has 2 aliphatic heterocycles. The lowest BCUT2D eigenvalue weighted by Crippen LogP contribution is -2.25. The maximum Gasteiger partial charge on any atom is 0.231 e. The van der Waals surface area contributed by atoms with Crippen LogP contribution in [-0.2, 0) is 17.8 Å². The Bertz CT molecular complexity index is 1170. The smallest absolute Gasteiger partial charge is 0.231 e. The molecule has 170 valence electrons. The zero-order valence-electron chi connectivity index (χ0n) is 18.4. The van der Waals surface area contributed by atoms with Crippen molar-refractivity contribution in [1.82, 2.24) is 9.97 Å². The predicted molar refractivity (Wildman–Crippen MR) is 122 cm³/mol. The Morgan fingerprint density at radius 2 is 1.91 bits per heavy atom. The number of hydrogen-bond acceptors (Lipinski definition) is 7. The molecule has 5 rings (SSSR count). The Hall–Kier alpha value is -3.68. The summed E-state index contributed by atoms with van der Waals surface area (Å²) in [5.41, 5.74) is 2.99. The van der Waals surface area contributed by atoms with E-state index in [-0.39, 0.29) is 24.4 Å². The van der Waals surface area contributed by atoms with E-state index in [1.54, 1.807) is 6.92 Å². The fraction of sp³-hybridized carbons (Fsp3) is 0.320. The largest absolute Gasteiger partial charge is 0.454 e. The Morgan fingerprint density at radius 3 is 2.73 bits per heavy atom. The number of ketones is 1. The maximum absolute atomic E-state index is 15.4. The van der Waals surface area contributed by atoms with Crippen molar-refractivity contribution in [2.75, 3.05) is 23.6 Å². The lowest BCUT2D eigenvalue weighted by atomic mass is 10.0. The Labute approximate surface area is 191 Å². The monoisotopic (exact) mass is 448 g/mol. The Morgan fingerprint density at radius 1 is 1.12 bits per heavy atom. The molecule has 0 saturated carbocycles. The first-order chi connectivity index (χ1) is 16.1. The molecule has 3 heterocycles. The van der Waals surface area contributed by atoms with E-state index in [1.165, 1.54) is 6.33 Å². The summed E-state index contributed by atoms with van der Waals surface area (Å²) >= 11 is 0. The van der Waals surface area contributed by atoms with Crippen LogP contribution < -0.4 is 19.7 Å². The molecule has 1 aromatic heterocycles. The van der Waals surface area contributed by atoms with Crippen LogP contribution in [0, 0.1) is 5.82 Å². The average Bonchev–Trinajstić information content (AvgIpc) is 3.48. The van der Waals surface area contributed by atoms with Crippen molar-refractivity contribution in [2.45, 2.75) is 38.8 Å². The molecule has 2 aromatic carbocycles. The molecule has 33 heavy (non-hydrogen) atoms. The van der Waals surface area contributed by atoms with Gasteiger partial charge in [0.25, 0.3) is 0 Å². The minimum atomic E-state index is -0.460. The van der Waals surface area contributed by atoms with Crippen LogP contribution in [0.25, 0.3) is 0 Å². The molecule has 2 aliphatic rings. The minimum absolute atomic E-state index is 0.00516. The van der Waals surface area contributed by atoms with Gasteiger partial charge in [-0.2, -0.15) is 4.39 Å². The van der Waals surface area contributed by atoms with Gasteiger partial charge in [0.05, 0.1) is 6.04 Å². The van der Waals surface area contributed by atoms with Gasteiger partial charge < -0.3 is 19.7 Å². The number of ether oxygens (including phenoxy) is 2. The molecule has 0 amide bonds. The van der Waals surface area contributed by atoms with E-state index in [4.69, 9.17) is 9.47 Å². The Balaban J connectivity index is 1.32. The molecule has 1 fully saturated rings. The van der Waals surface area contributed by atoms with Gasteiger partial charge in [0, 0.05) is 19.5 Å². The quantitative estimate of drug-likeness (QED) is 0.573. The van der Waals surface area contributed by atoms with Crippen molar-refractivity contribution in [2.24, 2.45) is 0 Å². The van der Waals surface area contributed by atoms with Crippen LogP contribution in [0.2, 0.25) is 0 Å². The van der Waals surface area contributed by atoms with Gasteiger partial charge in [0.2, 0.25) is 12.6 Å². The number of Topliss-reactive ketones (excluding diaryl/α,β-unsaturated/α-hetero) is 1. The molecule has 0 spiro atoms. The normalized spacial score (nSPS) is 16.8. The van der Waals surface area contributed by atoms with Gasteiger partial charge >= 0.3 is 0 Å². The lowest BCUT2D eigenvalue weighted by Gasteiger charge is -2.27. The van der Waals surface area contributed by atoms with Crippen LogP contribution >= 0.6 is 0 Å². The molecule has 8 heteroatoms. The number of anilines is 2. The number of rotatable bonds is 7. The topological polar surface area (TPSA) is 76.6 Å². The highest BCUT2D eigenvalue weighted by Gasteiger charge is 2.31. The number of aromatic nitrogens is 2. The second-order valence-corrected chi connectivity index (χ2v) is 8.37. The third-order valence-corrected chi connectivity index (χ3v) is 6.01. The number of hydrogen-bond donors (Lipinski definition) is 1. The molecular weight excluding hydrogens is 423 g/mol. The van der Waals surface area contributed by atoms with Gasteiger partial charge in [-0.3, -0.25) is 4.79 Å². The number of nitrogens with zero attached hydrogens (tertiary/aromatic N) is 3. The van der Waals surface area contributed by atoms with Crippen LogP contribution in [0.15, 0.2) is 48.8 Å². The van der Waals surface area contributed by atoms with Crippen molar-refractivity contribution in [1.29, 1.82) is 0 Å². The van der Waals surface area contributed by atoms with Crippen molar-refractivity contribution in [3.8, 4) is 11.5 Å². The third kappa shape index (κ3) is 4.46. The molecule has 0 aliphatic carbocycles. The fourth-order valence-corrected chi connectivity index (χ4v) is 4.42. The van der Waals surface area contributed by atoms with Crippen LogP contribution in [0.5, 0.6) is 11.5 Å². The Kier molecular flexibility index (Phi) is 5.81. The number of fused-ring (bicyclic) bond motifs is 1. The molecule has 0 bridgehead atoms. The summed E-state index contributed by atoms with van der Waals surface area (Å²) in [6, 6.07) is 13.6. The van der Waals surface area contributed by atoms with Gasteiger partial charge in [-0.15, -0.1) is 0 Å². The summed E-state index contributed by atoms with van der Waals surface area (Å²) in [7, 11) is 0. The van der Waals surface area contributed by atoms with Crippen LogP contribution in [-0.4, -0.2) is 29.1 Å². The fourth-order valence-electron chi connectivity index (χ4n) is 4.42. The summed E-state index contributed by atoms with van der Waals surface area (Å²) in [5.74, 6) is 1.58. The maximum atomic E-state index is 15.4. The highest BCUT2D eigenvalue weighted by Crippen LogP contribution is 2.41. The summed E-state index contributed by atoms with van der Waals surface area (Å²) in [5, 5.41) is 3.09. The van der Waals surface area contributed by atoms with Gasteiger partial charge in [0.15, 0.2) is 23.1 Å². The molecule has 1 N–H and O–H groups in total. The van der Waals surface area contributed by atoms with Gasteiger partial charge in [-0.25, -0.2) is 9.97 Å². The molecule has 3 aromatic rings. The van der Waals surface area contributed by atoms with E-state index in [0.29, 0.717) is 25.3 Å². The SMILES string of the molecule is CC(=O)Cc1ccc(CNc2ncnc(N3CCCC3c3ccc4c(c3)OCO4)c2F)cc1. The van der Waals surface area contributed by atoms with E-state index >= 15 is 4.39 Å². The van der Waals surface area contributed by atoms with Crippen LogP contribution in [0.1, 0.15) is 42.5 Å². The van der Waals surface area contributed by atoms with Crippen LogP contribution in [0.3, 0.4) is 0 Å². The zero-order chi connectivity index (χ0) is 22.8. The lowest BCUT2D eigenvalue weighted by molar-refractivity contribution is -0.116. The molecule has 1 saturated heterocycles. The molecule has 1 atom stereocenters. The average molecular weight is 448 g/mol. The molecule has 1 unspecified atom stereocenters. The van der Waals surface area contributed by atoms with E-state index in [9.17, 15) is 4.79 Å². The van der Waals surface area contributed by atoms with Crippen molar-refractivity contribution < 1.29 is 18.7 Å². The first-order valence-electron chi connectivity index (χ1n) is 11.1. The van der Waals surface area contributed by atoms with Crippen LogP contribution in [0.4, 0.5) is 16.0 Å². The third-order valence-electron chi connectivity index (χ3n) is 6.01. The molecular formula is C25H25FN4O3. The van der Waals surface area contributed by atoms with Crippen molar-refractivity contribution in [3.63, 3.8) is 0 Å². The number of halogens is 1. The van der Waals surface area contributed by atoms with Gasteiger partial charge in [0.1, 0.15) is 12.1 Å². The van der Waals surface area contributed by atoms with E-state index in [2.05, 4.69) is 15.3 Å². The standard InChI is InChI=1S/C25H25FN4O3/c1-16(31)11-17-4-6-18(7-5-17)13-27-24-23(26)25(29-14-28-24)30-10-2-3-20(30)19-8-9-21-22(12-19)33-15-32-21/h4-9,12,14,20H,2-3,10-11,13,15H2,1H3,(H,27,28,29). The summed E-state index contributed by atoms with van der Waals surface area (Å²) in [4.78, 5) is 21.7. The van der Waals surface area contributed by atoms with E-state index in [1.807, 2.05) is 47.4 Å². The predicted octanol–water partition coefficient (Wildman–Crippen LogP) is 4.43. The highest BCUT2D eigenvalue weighted by molar-refractivity contribution is 5.78. The first-order valence-corrected chi connectivity index (χ1v) is 11.1. The van der Waals surface area contributed by atoms with Crippen molar-refractivity contribution in [3.05, 3.63) is 71.3 Å². The molecule has 0 radical (unpaired) electrons. The molecule has 7 nitrogen and oxygen atoms in total. The first kappa shape index (κ1) is 21.2. The van der Waals surface area contributed by atoms with E-state index in [0.717, 1.165) is 41.0 Å². The van der Waals surface area contributed by atoms with Gasteiger partial charge in [-0.05, 0) is 48.6 Å². The van der Waals surface area contributed by atoms with E-state index < -0.39 is 5.82 Å². The summed E-state index contributed by atoms with van der Waals surface area (Å²) in [6.07, 6.45) is 3.65. The number of benzene rings is 2. The highest BCUT2D eigenvalue weighted by atomic mass is 19.1. The summed E-state index contributed by atoms with van der Waals surface area (Å²) in [6.45, 7) is 2.92. The number of carbonyl (C=O) groups is 1. The summed E-state index contributed by atoms with van der Waals surface area (Å²) < 4.78 is 26.4. The second-order valence-electron chi connectivity index (χ2n) is 8.37. The second kappa shape index (κ2) is 9.05. The van der Waals surface area contributed by atoms with Crippen molar-refractivity contribution >= 4 is 17.4 Å². The van der Waals surface area contributed by atoms with Gasteiger partial charge in [-0.1, -0.05) is 30.3 Å². The zero-order valence-corrected chi connectivity index (χ0v) is 18.4. The number of nitrogens with one attached hydrogen (secondary N) is 1.